The zero-order valence-corrected chi connectivity index (χ0v) is 24.4. The van der Waals surface area contributed by atoms with Crippen LogP contribution in [0.25, 0.3) is 0 Å². The van der Waals surface area contributed by atoms with Crippen molar-refractivity contribution in [1.29, 1.82) is 0 Å². The van der Waals surface area contributed by atoms with Gasteiger partial charge in [0, 0.05) is 17.5 Å². The van der Waals surface area contributed by atoms with E-state index in [2.05, 4.69) is 13.8 Å². The minimum Gasteiger partial charge on any atom is -0.450 e. The average Bonchev–Trinajstić information content (AvgIpc) is 2.96. The molecule has 0 bridgehead atoms. The zero-order valence-electron chi connectivity index (χ0n) is 24.4. The zero-order chi connectivity index (χ0) is 29.1. The monoisotopic (exact) mass is 578 g/mol. The van der Waals surface area contributed by atoms with Crippen LogP contribution in [0.1, 0.15) is 114 Å². The summed E-state index contributed by atoms with van der Waals surface area (Å²) in [5, 5.41) is 0. The summed E-state index contributed by atoms with van der Waals surface area (Å²) in [4.78, 5) is 0. The van der Waals surface area contributed by atoms with Crippen molar-refractivity contribution in [3.05, 3.63) is 52.3 Å². The molecule has 0 unspecified atom stereocenters. The fraction of sp³-hybridized carbons (Fsp3) is 0.647. The maximum atomic E-state index is 15.5. The molecule has 2 nitrogen and oxygen atoms in total. The van der Waals surface area contributed by atoms with Gasteiger partial charge in [-0.15, -0.1) is 0 Å². The molecular weight excluding hydrogens is 535 g/mol. The minimum absolute atomic E-state index is 0.0323. The first-order valence-electron chi connectivity index (χ1n) is 15.8. The molecule has 2 aromatic carbocycles. The molecule has 2 saturated carbocycles. The van der Waals surface area contributed by atoms with Gasteiger partial charge in [0.1, 0.15) is 0 Å². The standard InChI is InChI=1S/C34H43F5O2/c1-3-5-21-7-9-23(10-8-21)11-14-24-15-16-25-19-26-20-28(30(36)31(37)33(26)40-32(25)29(24)35)41-34(38,39)27-17-12-22(6-4-2)13-18-27/h15-16,20-23,27H,3-14,17-19H2,1-2H3. The van der Waals surface area contributed by atoms with Gasteiger partial charge in [-0.2, -0.15) is 17.6 Å². The first-order chi connectivity index (χ1) is 19.7. The van der Waals surface area contributed by atoms with Gasteiger partial charge in [0.2, 0.25) is 11.6 Å². The molecule has 0 atom stereocenters. The SMILES string of the molecule is CCCC1CCC(CCc2ccc3c(c2F)Oc2c(cc(OC(F)(F)C4CCC(CCC)CC4)c(F)c2F)C3)CC1. The van der Waals surface area contributed by atoms with Crippen LogP contribution in [0.15, 0.2) is 18.2 Å². The van der Waals surface area contributed by atoms with E-state index in [-0.39, 0.29) is 30.6 Å². The van der Waals surface area contributed by atoms with Gasteiger partial charge in [-0.25, -0.2) is 4.39 Å². The van der Waals surface area contributed by atoms with Crippen molar-refractivity contribution in [3.8, 4) is 17.2 Å². The lowest BCUT2D eigenvalue weighted by Gasteiger charge is -2.33. The van der Waals surface area contributed by atoms with Crippen LogP contribution in [0, 0.1) is 41.1 Å². The highest BCUT2D eigenvalue weighted by atomic mass is 19.3. The van der Waals surface area contributed by atoms with E-state index in [0.29, 0.717) is 42.2 Å². The first kappa shape index (κ1) is 30.2. The highest BCUT2D eigenvalue weighted by Crippen LogP contribution is 2.46. The topological polar surface area (TPSA) is 18.5 Å². The Balaban J connectivity index is 1.26. The van der Waals surface area contributed by atoms with Gasteiger partial charge < -0.3 is 9.47 Å². The van der Waals surface area contributed by atoms with E-state index in [1.54, 1.807) is 12.1 Å². The number of fused-ring (bicyclic) bond motifs is 2. The summed E-state index contributed by atoms with van der Waals surface area (Å²) >= 11 is 0. The molecule has 0 spiro atoms. The molecule has 0 aromatic heterocycles. The third kappa shape index (κ3) is 6.69. The lowest BCUT2D eigenvalue weighted by atomic mass is 9.78. The molecule has 3 aliphatic rings. The van der Waals surface area contributed by atoms with Crippen LogP contribution in [-0.4, -0.2) is 6.11 Å². The molecule has 0 saturated heterocycles. The van der Waals surface area contributed by atoms with Crippen LogP contribution in [0.4, 0.5) is 22.0 Å². The molecule has 5 rings (SSSR count). The number of ether oxygens (including phenoxy) is 2. The maximum Gasteiger partial charge on any atom is 0.400 e. The Kier molecular flexibility index (Phi) is 9.50. The molecule has 0 radical (unpaired) electrons. The predicted molar refractivity (Wildman–Crippen MR) is 150 cm³/mol. The molecule has 0 N–H and O–H groups in total. The maximum absolute atomic E-state index is 15.5. The van der Waals surface area contributed by atoms with Gasteiger partial charge in [-0.1, -0.05) is 77.3 Å². The fourth-order valence-electron chi connectivity index (χ4n) is 7.34. The van der Waals surface area contributed by atoms with E-state index in [9.17, 15) is 0 Å². The van der Waals surface area contributed by atoms with Crippen LogP contribution < -0.4 is 9.47 Å². The molecule has 0 amide bonds. The van der Waals surface area contributed by atoms with Crippen LogP contribution in [0.3, 0.4) is 0 Å². The molecular formula is C34H43F5O2. The second-order valence-electron chi connectivity index (χ2n) is 12.7. The normalized spacial score (nSPS) is 24.4. The third-order valence-electron chi connectivity index (χ3n) is 9.80. The fourth-order valence-corrected chi connectivity index (χ4v) is 7.34. The quantitative estimate of drug-likeness (QED) is 0.223. The molecule has 2 aliphatic carbocycles. The molecule has 1 heterocycles. The van der Waals surface area contributed by atoms with Crippen LogP contribution in [-0.2, 0) is 12.8 Å². The molecule has 7 heteroatoms. The third-order valence-corrected chi connectivity index (χ3v) is 9.80. The van der Waals surface area contributed by atoms with E-state index in [4.69, 9.17) is 9.47 Å². The van der Waals surface area contributed by atoms with Gasteiger partial charge in [-0.3, -0.25) is 0 Å². The summed E-state index contributed by atoms with van der Waals surface area (Å²) in [5.74, 6) is -4.19. The predicted octanol–water partition coefficient (Wildman–Crippen LogP) is 10.9. The Bertz CT molecular complexity index is 1200. The Morgan fingerprint density at radius 2 is 1.29 bits per heavy atom. The van der Waals surface area contributed by atoms with E-state index in [1.165, 1.54) is 25.7 Å². The number of halogens is 5. The van der Waals surface area contributed by atoms with E-state index in [1.807, 2.05) is 0 Å². The van der Waals surface area contributed by atoms with Crippen LogP contribution >= 0.6 is 0 Å². The van der Waals surface area contributed by atoms with Crippen molar-refractivity contribution in [2.75, 3.05) is 0 Å². The van der Waals surface area contributed by atoms with Gasteiger partial charge in [0.25, 0.3) is 0 Å². The molecule has 41 heavy (non-hydrogen) atoms. The van der Waals surface area contributed by atoms with Crippen LogP contribution in [0.5, 0.6) is 17.2 Å². The van der Waals surface area contributed by atoms with Gasteiger partial charge in [0.15, 0.2) is 23.1 Å². The molecule has 2 aromatic rings. The van der Waals surface area contributed by atoms with Crippen molar-refractivity contribution >= 4 is 0 Å². The summed E-state index contributed by atoms with van der Waals surface area (Å²) in [6, 6.07) is 4.54. The Hall–Kier alpha value is -2.31. The number of aryl methyl sites for hydroxylation is 1. The smallest absolute Gasteiger partial charge is 0.400 e. The van der Waals surface area contributed by atoms with E-state index >= 15 is 22.0 Å². The summed E-state index contributed by atoms with van der Waals surface area (Å²) in [6.07, 6.45) is 9.05. The molecule has 1 aliphatic heterocycles. The molecule has 226 valence electrons. The first-order valence-corrected chi connectivity index (χ1v) is 15.8. The minimum atomic E-state index is -3.62. The highest BCUT2D eigenvalue weighted by Gasteiger charge is 2.45. The number of alkyl halides is 2. The second kappa shape index (κ2) is 12.9. The largest absolute Gasteiger partial charge is 0.450 e. The number of rotatable bonds is 10. The van der Waals surface area contributed by atoms with Gasteiger partial charge >= 0.3 is 6.11 Å². The van der Waals surface area contributed by atoms with Crippen molar-refractivity contribution in [2.24, 2.45) is 23.7 Å². The summed E-state index contributed by atoms with van der Waals surface area (Å²) in [7, 11) is 0. The summed E-state index contributed by atoms with van der Waals surface area (Å²) in [5.41, 5.74) is 1.12. The van der Waals surface area contributed by atoms with Gasteiger partial charge in [-0.05, 0) is 67.9 Å². The van der Waals surface area contributed by atoms with Crippen LogP contribution in [0.2, 0.25) is 0 Å². The second-order valence-corrected chi connectivity index (χ2v) is 12.7. The Morgan fingerprint density at radius 3 is 1.90 bits per heavy atom. The van der Waals surface area contributed by atoms with E-state index < -0.39 is 41.0 Å². The number of hydrogen-bond donors (Lipinski definition) is 0. The Labute approximate surface area is 241 Å². The molecule has 2 fully saturated rings. The summed E-state index contributed by atoms with van der Waals surface area (Å²) < 4.78 is 86.3. The summed E-state index contributed by atoms with van der Waals surface area (Å²) in [6.45, 7) is 4.30. The van der Waals surface area contributed by atoms with Crippen molar-refractivity contribution in [1.82, 2.24) is 0 Å². The number of hydrogen-bond acceptors (Lipinski definition) is 2. The lowest BCUT2D eigenvalue weighted by molar-refractivity contribution is -0.224. The van der Waals surface area contributed by atoms with E-state index in [0.717, 1.165) is 44.1 Å². The highest BCUT2D eigenvalue weighted by molar-refractivity contribution is 5.54. The average molecular weight is 579 g/mol. The lowest BCUT2D eigenvalue weighted by Crippen LogP contribution is -2.37. The van der Waals surface area contributed by atoms with Crippen molar-refractivity contribution < 1.29 is 31.4 Å². The Morgan fingerprint density at radius 1 is 0.732 bits per heavy atom. The van der Waals surface area contributed by atoms with Gasteiger partial charge in [0.05, 0.1) is 5.92 Å². The van der Waals surface area contributed by atoms with Crippen molar-refractivity contribution in [2.45, 2.75) is 116 Å². The van der Waals surface area contributed by atoms with Crippen molar-refractivity contribution in [3.63, 3.8) is 0 Å². The number of benzene rings is 2.